The Morgan fingerprint density at radius 3 is 2.65 bits per heavy atom. The second kappa shape index (κ2) is 5.63. The molecular formula is C11H15IN2O3. The summed E-state index contributed by atoms with van der Waals surface area (Å²) < 4.78 is 5.93. The number of hydrogen-bond donors (Lipinski definition) is 1. The lowest BCUT2D eigenvalue weighted by Gasteiger charge is -2.27. The van der Waals surface area contributed by atoms with Crippen molar-refractivity contribution in [3.63, 3.8) is 0 Å². The van der Waals surface area contributed by atoms with Crippen molar-refractivity contribution in [2.24, 2.45) is 0 Å². The van der Waals surface area contributed by atoms with Crippen LogP contribution in [-0.2, 0) is 4.74 Å². The molecule has 1 rings (SSSR count). The summed E-state index contributed by atoms with van der Waals surface area (Å²) in [6.45, 7) is 4.57. The first-order valence-corrected chi connectivity index (χ1v) is 6.14. The summed E-state index contributed by atoms with van der Waals surface area (Å²) in [6.07, 6.45) is 0. The van der Waals surface area contributed by atoms with Crippen LogP contribution in [-0.4, -0.2) is 24.2 Å². The SMILES string of the molecule is COCC(C)(C)Nc1ccc([N+](=O)[O-])cc1I. The van der Waals surface area contributed by atoms with Gasteiger partial charge in [0, 0.05) is 28.5 Å². The summed E-state index contributed by atoms with van der Waals surface area (Å²) in [4.78, 5) is 10.2. The summed E-state index contributed by atoms with van der Waals surface area (Å²) in [7, 11) is 1.64. The molecule has 0 aliphatic carbocycles. The smallest absolute Gasteiger partial charge is 0.270 e. The molecule has 6 heteroatoms. The molecule has 0 bridgehead atoms. The maximum absolute atomic E-state index is 10.6. The van der Waals surface area contributed by atoms with Crippen molar-refractivity contribution in [1.82, 2.24) is 0 Å². The highest BCUT2D eigenvalue weighted by Gasteiger charge is 2.19. The molecule has 0 fully saturated rings. The van der Waals surface area contributed by atoms with Crippen LogP contribution in [0.4, 0.5) is 11.4 Å². The average Bonchev–Trinajstić information content (AvgIpc) is 2.20. The number of non-ortho nitro benzene ring substituents is 1. The monoisotopic (exact) mass is 350 g/mol. The minimum absolute atomic E-state index is 0.101. The van der Waals surface area contributed by atoms with Gasteiger partial charge in [-0.2, -0.15) is 0 Å². The van der Waals surface area contributed by atoms with E-state index in [9.17, 15) is 10.1 Å². The normalized spacial score (nSPS) is 11.3. The quantitative estimate of drug-likeness (QED) is 0.504. The fourth-order valence-electron chi connectivity index (χ4n) is 1.48. The van der Waals surface area contributed by atoms with Gasteiger partial charge in [-0.05, 0) is 42.5 Å². The first-order chi connectivity index (χ1) is 7.85. The number of nitrogens with zero attached hydrogens (tertiary/aromatic N) is 1. The number of halogens is 1. The summed E-state index contributed by atoms with van der Waals surface area (Å²) in [6, 6.07) is 4.76. The van der Waals surface area contributed by atoms with Gasteiger partial charge in [0.05, 0.1) is 17.1 Å². The average molecular weight is 350 g/mol. The van der Waals surface area contributed by atoms with Gasteiger partial charge in [0.1, 0.15) is 0 Å². The summed E-state index contributed by atoms with van der Waals surface area (Å²) in [5, 5.41) is 13.9. The molecule has 0 amide bonds. The summed E-state index contributed by atoms with van der Waals surface area (Å²) in [5.74, 6) is 0. The minimum atomic E-state index is -0.397. The van der Waals surface area contributed by atoms with Crippen LogP contribution in [0.5, 0.6) is 0 Å². The lowest BCUT2D eigenvalue weighted by Crippen LogP contribution is -2.36. The Morgan fingerprint density at radius 2 is 2.18 bits per heavy atom. The molecule has 0 aliphatic heterocycles. The van der Waals surface area contributed by atoms with E-state index in [0.717, 1.165) is 9.26 Å². The van der Waals surface area contributed by atoms with Crippen LogP contribution in [0.2, 0.25) is 0 Å². The molecule has 0 spiro atoms. The fraction of sp³-hybridized carbons (Fsp3) is 0.455. The molecule has 1 aromatic rings. The minimum Gasteiger partial charge on any atom is -0.382 e. The molecule has 0 heterocycles. The Kier molecular flexibility index (Phi) is 4.70. The fourth-order valence-corrected chi connectivity index (χ4v) is 2.11. The van der Waals surface area contributed by atoms with E-state index < -0.39 is 4.92 Å². The number of benzene rings is 1. The number of anilines is 1. The topological polar surface area (TPSA) is 64.4 Å². The van der Waals surface area contributed by atoms with Crippen molar-refractivity contribution >= 4 is 34.0 Å². The van der Waals surface area contributed by atoms with Crippen LogP contribution in [0.15, 0.2) is 18.2 Å². The number of nitro benzene ring substituents is 1. The molecule has 1 aromatic carbocycles. The Labute approximate surface area is 114 Å². The number of hydrogen-bond acceptors (Lipinski definition) is 4. The Balaban J connectivity index is 2.90. The van der Waals surface area contributed by atoms with Crippen LogP contribution in [0.3, 0.4) is 0 Å². The predicted octanol–water partition coefficient (Wildman–Crippen LogP) is 3.04. The van der Waals surface area contributed by atoms with Crippen molar-refractivity contribution in [2.45, 2.75) is 19.4 Å². The van der Waals surface area contributed by atoms with E-state index in [-0.39, 0.29) is 11.2 Å². The third-order valence-corrected chi connectivity index (χ3v) is 3.03. The highest BCUT2D eigenvalue weighted by Crippen LogP contribution is 2.26. The van der Waals surface area contributed by atoms with E-state index in [0.29, 0.717) is 6.61 Å². The first kappa shape index (κ1) is 14.2. The first-order valence-electron chi connectivity index (χ1n) is 5.07. The van der Waals surface area contributed by atoms with Crippen LogP contribution >= 0.6 is 22.6 Å². The molecule has 0 saturated carbocycles. The van der Waals surface area contributed by atoms with Gasteiger partial charge in [0.25, 0.3) is 5.69 Å². The second-order valence-corrected chi connectivity index (χ2v) is 5.53. The standard InChI is InChI=1S/C11H15IN2O3/c1-11(2,7-17-3)13-10-5-4-8(14(15)16)6-9(10)12/h4-6,13H,7H2,1-3H3. The Bertz CT molecular complexity index is 421. The maximum atomic E-state index is 10.6. The molecule has 1 N–H and O–H groups in total. The van der Waals surface area contributed by atoms with E-state index in [1.165, 1.54) is 6.07 Å². The molecule has 0 radical (unpaired) electrons. The number of rotatable bonds is 5. The molecule has 0 aromatic heterocycles. The lowest BCUT2D eigenvalue weighted by atomic mass is 10.1. The van der Waals surface area contributed by atoms with Crippen molar-refractivity contribution < 1.29 is 9.66 Å². The zero-order valence-corrected chi connectivity index (χ0v) is 12.1. The van der Waals surface area contributed by atoms with E-state index >= 15 is 0 Å². The van der Waals surface area contributed by atoms with E-state index in [1.54, 1.807) is 19.2 Å². The second-order valence-electron chi connectivity index (χ2n) is 4.36. The van der Waals surface area contributed by atoms with Gasteiger partial charge in [0.15, 0.2) is 0 Å². The van der Waals surface area contributed by atoms with Gasteiger partial charge >= 0.3 is 0 Å². The molecule has 0 aliphatic rings. The Morgan fingerprint density at radius 1 is 1.53 bits per heavy atom. The van der Waals surface area contributed by atoms with Gasteiger partial charge in [-0.15, -0.1) is 0 Å². The van der Waals surface area contributed by atoms with Gasteiger partial charge in [0.2, 0.25) is 0 Å². The largest absolute Gasteiger partial charge is 0.382 e. The molecule has 0 atom stereocenters. The van der Waals surface area contributed by atoms with Crippen molar-refractivity contribution in [3.05, 3.63) is 31.9 Å². The summed E-state index contributed by atoms with van der Waals surface area (Å²) >= 11 is 2.08. The maximum Gasteiger partial charge on any atom is 0.270 e. The van der Waals surface area contributed by atoms with Crippen LogP contribution in [0.25, 0.3) is 0 Å². The van der Waals surface area contributed by atoms with Crippen LogP contribution in [0.1, 0.15) is 13.8 Å². The lowest BCUT2D eigenvalue weighted by molar-refractivity contribution is -0.384. The molecule has 94 valence electrons. The van der Waals surface area contributed by atoms with E-state index in [4.69, 9.17) is 4.74 Å². The predicted molar refractivity (Wildman–Crippen MR) is 75.4 cm³/mol. The molecule has 17 heavy (non-hydrogen) atoms. The number of ether oxygens (including phenoxy) is 1. The zero-order valence-electron chi connectivity index (χ0n) is 9.99. The summed E-state index contributed by atoms with van der Waals surface area (Å²) in [5.41, 5.74) is 0.757. The van der Waals surface area contributed by atoms with Crippen molar-refractivity contribution in [3.8, 4) is 0 Å². The van der Waals surface area contributed by atoms with Gasteiger partial charge < -0.3 is 10.1 Å². The number of nitro groups is 1. The third-order valence-electron chi connectivity index (χ3n) is 2.14. The molecule has 0 unspecified atom stereocenters. The van der Waals surface area contributed by atoms with Crippen molar-refractivity contribution in [2.75, 3.05) is 19.0 Å². The van der Waals surface area contributed by atoms with Crippen LogP contribution in [0, 0.1) is 13.7 Å². The highest BCUT2D eigenvalue weighted by atomic mass is 127. The molecular weight excluding hydrogens is 335 g/mol. The van der Waals surface area contributed by atoms with E-state index in [2.05, 4.69) is 27.9 Å². The van der Waals surface area contributed by atoms with Crippen LogP contribution < -0.4 is 5.32 Å². The highest BCUT2D eigenvalue weighted by molar-refractivity contribution is 14.1. The third kappa shape index (κ3) is 4.12. The molecule has 5 nitrogen and oxygen atoms in total. The zero-order chi connectivity index (χ0) is 13.1. The van der Waals surface area contributed by atoms with Gasteiger partial charge in [-0.25, -0.2) is 0 Å². The van der Waals surface area contributed by atoms with Gasteiger partial charge in [-0.3, -0.25) is 10.1 Å². The molecule has 0 saturated heterocycles. The number of nitrogens with one attached hydrogen (secondary N) is 1. The van der Waals surface area contributed by atoms with Crippen molar-refractivity contribution in [1.29, 1.82) is 0 Å². The number of methoxy groups -OCH3 is 1. The van der Waals surface area contributed by atoms with E-state index in [1.807, 2.05) is 13.8 Å². The Hall–Kier alpha value is -0.890. The van der Waals surface area contributed by atoms with Gasteiger partial charge in [-0.1, -0.05) is 0 Å².